The summed E-state index contributed by atoms with van der Waals surface area (Å²) < 4.78 is 0. The minimum Gasteiger partial charge on any atom is -0.381 e. The first kappa shape index (κ1) is 13.6. The molecule has 2 N–H and O–H groups in total. The van der Waals surface area contributed by atoms with Crippen LogP contribution in [0.3, 0.4) is 0 Å². The van der Waals surface area contributed by atoms with Gasteiger partial charge in [0.2, 0.25) is 0 Å². The van der Waals surface area contributed by atoms with E-state index in [0.29, 0.717) is 18.2 Å². The van der Waals surface area contributed by atoms with Crippen LogP contribution in [0.1, 0.15) is 16.8 Å². The van der Waals surface area contributed by atoms with Crippen LogP contribution in [0.25, 0.3) is 0 Å². The molecule has 1 aliphatic rings. The number of hydrogen-bond donors (Lipinski definition) is 2. The molecule has 0 aromatic heterocycles. The largest absolute Gasteiger partial charge is 0.381 e. The van der Waals surface area contributed by atoms with Crippen molar-refractivity contribution in [3.63, 3.8) is 0 Å². The van der Waals surface area contributed by atoms with Gasteiger partial charge in [-0.15, -0.1) is 6.58 Å². The van der Waals surface area contributed by atoms with Gasteiger partial charge < -0.3 is 15.5 Å². The highest BCUT2D eigenvalue weighted by Crippen LogP contribution is 2.15. The zero-order chi connectivity index (χ0) is 13.7. The third-order valence-electron chi connectivity index (χ3n) is 3.32. The molecule has 4 heteroatoms. The van der Waals surface area contributed by atoms with Crippen LogP contribution in [0.4, 0.5) is 5.69 Å². The van der Waals surface area contributed by atoms with Crippen molar-refractivity contribution >= 4 is 11.6 Å². The van der Waals surface area contributed by atoms with Gasteiger partial charge >= 0.3 is 0 Å². The highest BCUT2D eigenvalue weighted by atomic mass is 16.1. The first-order valence-corrected chi connectivity index (χ1v) is 6.63. The fourth-order valence-corrected chi connectivity index (χ4v) is 2.27. The van der Waals surface area contributed by atoms with Crippen molar-refractivity contribution in [2.24, 2.45) is 0 Å². The molecule has 0 spiro atoms. The average molecular weight is 259 g/mol. The summed E-state index contributed by atoms with van der Waals surface area (Å²) in [4.78, 5) is 14.0. The van der Waals surface area contributed by atoms with E-state index < -0.39 is 0 Å². The Kier molecular flexibility index (Phi) is 4.58. The fourth-order valence-electron chi connectivity index (χ4n) is 2.27. The molecule has 1 aromatic rings. The quantitative estimate of drug-likeness (QED) is 0.791. The summed E-state index contributed by atoms with van der Waals surface area (Å²) in [6, 6.07) is 8.12. The number of carbonyl (C=O) groups is 1. The highest BCUT2D eigenvalue weighted by Gasteiger charge is 2.18. The second-order valence-electron chi connectivity index (χ2n) is 4.97. The summed E-state index contributed by atoms with van der Waals surface area (Å²) in [6.07, 6.45) is 2.84. The molecule has 1 aliphatic heterocycles. The van der Waals surface area contributed by atoms with E-state index in [-0.39, 0.29) is 5.91 Å². The minimum atomic E-state index is -0.0629. The number of anilines is 1. The molecular formula is C15H21N3O. The Morgan fingerprint density at radius 3 is 2.79 bits per heavy atom. The number of nitrogens with zero attached hydrogens (tertiary/aromatic N) is 1. The first-order chi connectivity index (χ1) is 9.19. The van der Waals surface area contributed by atoms with Gasteiger partial charge in [-0.25, -0.2) is 0 Å². The number of likely N-dealkylation sites (N-methyl/N-ethyl adjacent to an activating group) is 1. The van der Waals surface area contributed by atoms with Crippen molar-refractivity contribution in [2.75, 3.05) is 32.0 Å². The number of nitrogens with one attached hydrogen (secondary N) is 2. The summed E-state index contributed by atoms with van der Waals surface area (Å²) in [7, 11) is 2.13. The summed E-state index contributed by atoms with van der Waals surface area (Å²) >= 11 is 0. The maximum atomic E-state index is 11.7. The number of likely N-dealkylation sites (tertiary alicyclic amines) is 1. The van der Waals surface area contributed by atoms with Crippen molar-refractivity contribution < 1.29 is 4.79 Å². The molecule has 1 fully saturated rings. The number of rotatable bonds is 5. The zero-order valence-electron chi connectivity index (χ0n) is 11.4. The monoisotopic (exact) mass is 259 g/mol. The van der Waals surface area contributed by atoms with Crippen molar-refractivity contribution in [2.45, 2.75) is 12.5 Å². The Bertz CT molecular complexity index is 441. The lowest BCUT2D eigenvalue weighted by Crippen LogP contribution is -2.24. The van der Waals surface area contributed by atoms with Crippen molar-refractivity contribution in [1.82, 2.24) is 10.2 Å². The molecule has 1 saturated heterocycles. The van der Waals surface area contributed by atoms with E-state index in [9.17, 15) is 4.79 Å². The molecule has 1 heterocycles. The lowest BCUT2D eigenvalue weighted by Gasteiger charge is -2.14. The van der Waals surface area contributed by atoms with Gasteiger partial charge in [0.05, 0.1) is 0 Å². The van der Waals surface area contributed by atoms with E-state index >= 15 is 0 Å². The first-order valence-electron chi connectivity index (χ1n) is 6.63. The van der Waals surface area contributed by atoms with Crippen LogP contribution in [0.2, 0.25) is 0 Å². The summed E-state index contributed by atoms with van der Waals surface area (Å²) in [5, 5.41) is 6.25. The molecule has 1 amide bonds. The molecule has 0 bridgehead atoms. The van der Waals surface area contributed by atoms with Crippen LogP contribution in [-0.4, -0.2) is 43.5 Å². The Morgan fingerprint density at radius 2 is 2.21 bits per heavy atom. The maximum absolute atomic E-state index is 11.7. The van der Waals surface area contributed by atoms with Crippen LogP contribution in [0.5, 0.6) is 0 Å². The lowest BCUT2D eigenvalue weighted by atomic mass is 10.1. The Morgan fingerprint density at radius 1 is 1.47 bits per heavy atom. The number of benzene rings is 1. The topological polar surface area (TPSA) is 44.4 Å². The third kappa shape index (κ3) is 3.83. The predicted molar refractivity (Wildman–Crippen MR) is 78.5 cm³/mol. The summed E-state index contributed by atoms with van der Waals surface area (Å²) in [6.45, 7) is 6.28. The van der Waals surface area contributed by atoms with Gasteiger partial charge in [-0.2, -0.15) is 0 Å². The third-order valence-corrected chi connectivity index (χ3v) is 3.32. The van der Waals surface area contributed by atoms with Crippen molar-refractivity contribution in [1.29, 1.82) is 0 Å². The van der Waals surface area contributed by atoms with Gasteiger partial charge in [0.1, 0.15) is 0 Å². The summed E-state index contributed by atoms with van der Waals surface area (Å²) in [5.74, 6) is -0.0629. The Labute approximate surface area is 114 Å². The minimum absolute atomic E-state index is 0.0629. The van der Waals surface area contributed by atoms with Gasteiger partial charge in [-0.1, -0.05) is 6.08 Å². The predicted octanol–water partition coefficient (Wildman–Crippen LogP) is 1.72. The normalized spacial score (nSPS) is 19.1. The molecule has 19 heavy (non-hydrogen) atoms. The molecule has 2 rings (SSSR count). The van der Waals surface area contributed by atoms with Gasteiger partial charge in [-0.05, 0) is 44.3 Å². The van der Waals surface area contributed by atoms with Gasteiger partial charge in [-0.3, -0.25) is 4.79 Å². The fraction of sp³-hybridized carbons (Fsp3) is 0.400. The van der Waals surface area contributed by atoms with Crippen molar-refractivity contribution in [3.8, 4) is 0 Å². The van der Waals surface area contributed by atoms with E-state index in [1.54, 1.807) is 6.08 Å². The average Bonchev–Trinajstić information content (AvgIpc) is 2.82. The van der Waals surface area contributed by atoms with Crippen LogP contribution < -0.4 is 10.6 Å². The molecule has 1 aromatic carbocycles. The molecule has 102 valence electrons. The van der Waals surface area contributed by atoms with E-state index in [4.69, 9.17) is 0 Å². The van der Waals surface area contributed by atoms with E-state index in [2.05, 4.69) is 29.2 Å². The molecule has 1 atom stereocenters. The number of carbonyl (C=O) groups excluding carboxylic acids is 1. The molecule has 0 radical (unpaired) electrons. The molecular weight excluding hydrogens is 238 g/mol. The van der Waals surface area contributed by atoms with Crippen LogP contribution in [-0.2, 0) is 0 Å². The molecule has 0 aliphatic carbocycles. The Hall–Kier alpha value is -1.81. The van der Waals surface area contributed by atoms with Crippen molar-refractivity contribution in [3.05, 3.63) is 42.5 Å². The number of hydrogen-bond acceptors (Lipinski definition) is 3. The van der Waals surface area contributed by atoms with E-state index in [1.807, 2.05) is 24.3 Å². The maximum Gasteiger partial charge on any atom is 0.251 e. The highest BCUT2D eigenvalue weighted by molar-refractivity contribution is 5.94. The van der Waals surface area contributed by atoms with E-state index in [0.717, 1.165) is 25.2 Å². The second-order valence-corrected chi connectivity index (χ2v) is 4.97. The van der Waals surface area contributed by atoms with Gasteiger partial charge in [0, 0.05) is 30.4 Å². The van der Waals surface area contributed by atoms with Crippen LogP contribution >= 0.6 is 0 Å². The molecule has 0 saturated carbocycles. The second kappa shape index (κ2) is 6.38. The molecule has 4 nitrogen and oxygen atoms in total. The van der Waals surface area contributed by atoms with E-state index in [1.165, 1.54) is 0 Å². The van der Waals surface area contributed by atoms with Crippen LogP contribution in [0.15, 0.2) is 36.9 Å². The van der Waals surface area contributed by atoms with Gasteiger partial charge in [0.15, 0.2) is 0 Å². The SMILES string of the molecule is C=CCNC(=O)c1ccc(NC2CCN(C)C2)cc1. The standard InChI is InChI=1S/C15H21N3O/c1-3-9-16-15(19)12-4-6-13(7-5-12)17-14-8-10-18(2)11-14/h3-7,14,17H,1,8-11H2,2H3,(H,16,19). The molecule has 1 unspecified atom stereocenters. The Balaban J connectivity index is 1.90. The lowest BCUT2D eigenvalue weighted by molar-refractivity contribution is 0.0958. The van der Waals surface area contributed by atoms with Crippen LogP contribution in [0, 0.1) is 0 Å². The number of amides is 1. The summed E-state index contributed by atoms with van der Waals surface area (Å²) in [5.41, 5.74) is 1.75. The smallest absolute Gasteiger partial charge is 0.251 e. The van der Waals surface area contributed by atoms with Gasteiger partial charge in [0.25, 0.3) is 5.91 Å². The zero-order valence-corrected chi connectivity index (χ0v) is 11.4.